The van der Waals surface area contributed by atoms with E-state index in [2.05, 4.69) is 0 Å². The van der Waals surface area contributed by atoms with Gasteiger partial charge in [-0.15, -0.1) is 0 Å². The van der Waals surface area contributed by atoms with Crippen molar-refractivity contribution in [3.63, 3.8) is 0 Å². The Bertz CT molecular complexity index is 1060. The van der Waals surface area contributed by atoms with Crippen LogP contribution in [0.4, 0.5) is 22.7 Å². The molecule has 11 heteroatoms. The average Bonchev–Trinajstić information content (AvgIpc) is 2.72. The van der Waals surface area contributed by atoms with Gasteiger partial charge in [-0.25, -0.2) is 0 Å². The lowest BCUT2D eigenvalue weighted by Crippen LogP contribution is -1.95. The molecule has 0 fully saturated rings. The summed E-state index contributed by atoms with van der Waals surface area (Å²) in [5, 5.41) is 21.3. The van der Waals surface area contributed by atoms with Crippen LogP contribution in [0.1, 0.15) is 0 Å². The second-order valence-electron chi connectivity index (χ2n) is 5.73. The van der Waals surface area contributed by atoms with E-state index < -0.39 is 9.85 Å². The highest BCUT2D eigenvalue weighted by Gasteiger charge is 2.16. The molecule has 4 N–H and O–H groups in total. The van der Waals surface area contributed by atoms with Crippen molar-refractivity contribution >= 4 is 34.4 Å². The van der Waals surface area contributed by atoms with E-state index in [1.165, 1.54) is 30.3 Å². The molecular formula is C19H17ClN4O6. The number of hydrogen-bond acceptors (Lipinski definition) is 8. The maximum atomic E-state index is 10.9. The smallest absolute Gasteiger partial charge is 0.313 e. The third kappa shape index (κ3) is 5.97. The number of anilines is 2. The Kier molecular flexibility index (Phi) is 7.37. The van der Waals surface area contributed by atoms with Crippen molar-refractivity contribution in [2.75, 3.05) is 18.6 Å². The Labute approximate surface area is 175 Å². The molecule has 0 amide bonds. The van der Waals surface area contributed by atoms with E-state index in [1.807, 2.05) is 0 Å². The quantitative estimate of drug-likeness (QED) is 0.330. The van der Waals surface area contributed by atoms with Gasteiger partial charge in [0.1, 0.15) is 16.5 Å². The standard InChI is InChI=1S/C13H12N2O4.C6H5ClN2O2/c1-18-10-3-5-11(6-4-10)19-13-7-2-9(14)8-12(13)15(16)17;7-5-2-1-4(8)3-6(5)9(10)11/h2-8H,14H2,1H3;1-3H,8H2. The van der Waals surface area contributed by atoms with Crippen molar-refractivity contribution in [3.8, 4) is 17.2 Å². The van der Waals surface area contributed by atoms with Crippen molar-refractivity contribution in [2.24, 2.45) is 0 Å². The van der Waals surface area contributed by atoms with Crippen LogP contribution in [0, 0.1) is 20.2 Å². The maximum absolute atomic E-state index is 10.9. The summed E-state index contributed by atoms with van der Waals surface area (Å²) >= 11 is 5.49. The van der Waals surface area contributed by atoms with Gasteiger partial charge in [0.2, 0.25) is 5.75 Å². The number of nitrogens with zero attached hydrogens (tertiary/aromatic N) is 2. The third-order valence-electron chi connectivity index (χ3n) is 3.63. The summed E-state index contributed by atoms with van der Waals surface area (Å²) in [5.74, 6) is 1.30. The number of benzene rings is 3. The lowest BCUT2D eigenvalue weighted by Gasteiger charge is -2.07. The van der Waals surface area contributed by atoms with Crippen LogP contribution >= 0.6 is 11.6 Å². The molecule has 0 aromatic heterocycles. The first-order chi connectivity index (χ1) is 14.2. The summed E-state index contributed by atoms with van der Waals surface area (Å²) in [6.07, 6.45) is 0. The molecule has 0 aliphatic carbocycles. The molecule has 0 heterocycles. The fraction of sp³-hybridized carbons (Fsp3) is 0.0526. The molecule has 156 valence electrons. The largest absolute Gasteiger partial charge is 0.497 e. The molecule has 0 spiro atoms. The minimum atomic E-state index is -0.571. The van der Waals surface area contributed by atoms with Gasteiger partial charge < -0.3 is 20.9 Å². The number of ether oxygens (including phenoxy) is 2. The third-order valence-corrected chi connectivity index (χ3v) is 3.95. The molecule has 0 aliphatic heterocycles. The van der Waals surface area contributed by atoms with Crippen molar-refractivity contribution in [3.05, 3.63) is 85.9 Å². The van der Waals surface area contributed by atoms with Crippen LogP contribution in [0.5, 0.6) is 17.2 Å². The second kappa shape index (κ2) is 9.94. The molecule has 0 saturated heterocycles. The Hall–Kier alpha value is -4.05. The Balaban J connectivity index is 0.000000248. The number of hydrogen-bond donors (Lipinski definition) is 2. The summed E-state index contributed by atoms with van der Waals surface area (Å²) in [6.45, 7) is 0. The van der Waals surface area contributed by atoms with Gasteiger partial charge in [0.15, 0.2) is 0 Å². The number of halogens is 1. The van der Waals surface area contributed by atoms with Gasteiger partial charge in [-0.05, 0) is 48.5 Å². The van der Waals surface area contributed by atoms with Gasteiger partial charge in [0, 0.05) is 23.5 Å². The van der Waals surface area contributed by atoms with Crippen LogP contribution in [0.25, 0.3) is 0 Å². The monoisotopic (exact) mass is 432 g/mol. The minimum Gasteiger partial charge on any atom is -0.497 e. The molecule has 0 atom stereocenters. The van der Waals surface area contributed by atoms with Crippen molar-refractivity contribution in [1.29, 1.82) is 0 Å². The molecular weight excluding hydrogens is 416 g/mol. The number of nitrogen functional groups attached to an aromatic ring is 2. The molecule has 3 aromatic carbocycles. The highest BCUT2D eigenvalue weighted by Crippen LogP contribution is 2.33. The highest BCUT2D eigenvalue weighted by molar-refractivity contribution is 6.32. The molecule has 10 nitrogen and oxygen atoms in total. The molecule has 0 radical (unpaired) electrons. The number of nitrogens with two attached hydrogens (primary N) is 2. The highest BCUT2D eigenvalue weighted by atomic mass is 35.5. The summed E-state index contributed by atoms with van der Waals surface area (Å²) in [7, 11) is 1.56. The van der Waals surface area contributed by atoms with Gasteiger partial charge in [-0.2, -0.15) is 0 Å². The fourth-order valence-corrected chi connectivity index (χ4v) is 2.39. The maximum Gasteiger partial charge on any atom is 0.313 e. The Morgan fingerprint density at radius 1 is 0.800 bits per heavy atom. The molecule has 3 aromatic rings. The van der Waals surface area contributed by atoms with E-state index in [0.717, 1.165) is 0 Å². The summed E-state index contributed by atoms with van der Waals surface area (Å²) in [4.78, 5) is 20.1. The molecule has 0 unspecified atom stereocenters. The van der Waals surface area contributed by atoms with Crippen molar-refractivity contribution in [2.45, 2.75) is 0 Å². The summed E-state index contributed by atoms with van der Waals surface area (Å²) in [6, 6.07) is 15.2. The average molecular weight is 433 g/mol. The predicted octanol–water partition coefficient (Wildman–Crippen LogP) is 4.81. The van der Waals surface area contributed by atoms with Crippen LogP contribution in [-0.2, 0) is 0 Å². The molecule has 0 saturated carbocycles. The van der Waals surface area contributed by atoms with Crippen LogP contribution in [-0.4, -0.2) is 17.0 Å². The predicted molar refractivity (Wildman–Crippen MR) is 113 cm³/mol. The SMILES string of the molecule is COc1ccc(Oc2ccc(N)cc2[N+](=O)[O-])cc1.Nc1ccc(Cl)c([N+](=O)[O-])c1. The number of nitro benzene ring substituents is 2. The van der Waals surface area contributed by atoms with Gasteiger partial charge >= 0.3 is 5.69 Å². The number of nitro groups is 2. The van der Waals surface area contributed by atoms with E-state index in [4.69, 9.17) is 32.5 Å². The van der Waals surface area contributed by atoms with Crippen molar-refractivity contribution in [1.82, 2.24) is 0 Å². The first-order valence-electron chi connectivity index (χ1n) is 8.26. The Morgan fingerprint density at radius 2 is 1.30 bits per heavy atom. The summed E-state index contributed by atoms with van der Waals surface area (Å²) in [5.41, 5.74) is 11.1. The first kappa shape index (κ1) is 22.2. The topological polar surface area (TPSA) is 157 Å². The Morgan fingerprint density at radius 3 is 1.80 bits per heavy atom. The molecule has 0 bridgehead atoms. The zero-order chi connectivity index (χ0) is 22.3. The second-order valence-corrected chi connectivity index (χ2v) is 6.14. The van der Waals surface area contributed by atoms with Gasteiger partial charge in [-0.1, -0.05) is 11.6 Å². The van der Waals surface area contributed by atoms with Gasteiger partial charge in [0.25, 0.3) is 5.69 Å². The molecule has 30 heavy (non-hydrogen) atoms. The van der Waals surface area contributed by atoms with Crippen LogP contribution in [0.15, 0.2) is 60.7 Å². The van der Waals surface area contributed by atoms with Gasteiger partial charge in [0.05, 0.1) is 17.0 Å². The zero-order valence-electron chi connectivity index (χ0n) is 15.7. The first-order valence-corrected chi connectivity index (χ1v) is 8.64. The number of methoxy groups -OCH3 is 1. The van der Waals surface area contributed by atoms with E-state index in [1.54, 1.807) is 37.4 Å². The van der Waals surface area contributed by atoms with E-state index in [-0.39, 0.29) is 22.1 Å². The van der Waals surface area contributed by atoms with Gasteiger partial charge in [-0.3, -0.25) is 20.2 Å². The fourth-order valence-electron chi connectivity index (χ4n) is 2.20. The van der Waals surface area contributed by atoms with E-state index in [0.29, 0.717) is 22.9 Å². The normalized spacial score (nSPS) is 9.80. The van der Waals surface area contributed by atoms with Crippen LogP contribution < -0.4 is 20.9 Å². The lowest BCUT2D eigenvalue weighted by atomic mass is 10.2. The zero-order valence-corrected chi connectivity index (χ0v) is 16.4. The van der Waals surface area contributed by atoms with Crippen LogP contribution in [0.3, 0.4) is 0 Å². The molecule has 3 rings (SSSR count). The molecule has 0 aliphatic rings. The van der Waals surface area contributed by atoms with Crippen LogP contribution in [0.2, 0.25) is 5.02 Å². The van der Waals surface area contributed by atoms with Crippen molar-refractivity contribution < 1.29 is 19.3 Å². The number of rotatable bonds is 5. The lowest BCUT2D eigenvalue weighted by molar-refractivity contribution is -0.385. The van der Waals surface area contributed by atoms with E-state index in [9.17, 15) is 20.2 Å². The minimum absolute atomic E-state index is 0.101. The van der Waals surface area contributed by atoms with E-state index >= 15 is 0 Å². The summed E-state index contributed by atoms with van der Waals surface area (Å²) < 4.78 is 10.5.